The minimum Gasteiger partial charge on any atom is -0.375 e. The van der Waals surface area contributed by atoms with E-state index in [0.29, 0.717) is 7.85 Å². The fourth-order valence-corrected chi connectivity index (χ4v) is 3.63. The number of alkyl halides is 2. The highest BCUT2D eigenvalue weighted by atomic mass is 127. The number of hydrogen-bond acceptors (Lipinski definition) is 1. The molecule has 1 aliphatic heterocycles. The Hall–Kier alpha value is 0.740. The van der Waals surface area contributed by atoms with E-state index in [2.05, 4.69) is 63.2 Å². The van der Waals surface area contributed by atoms with Crippen LogP contribution in [0.4, 0.5) is 0 Å². The lowest BCUT2D eigenvalue weighted by Crippen LogP contribution is -2.39. The third kappa shape index (κ3) is 2.34. The molecule has 1 heterocycles. The second kappa shape index (κ2) is 4.11. The second-order valence-corrected chi connectivity index (χ2v) is 5.65. The first-order valence-electron chi connectivity index (χ1n) is 3.48. The molecule has 11 heavy (non-hydrogen) atoms. The summed E-state index contributed by atoms with van der Waals surface area (Å²) < 4.78 is 1.17. The van der Waals surface area contributed by atoms with Crippen LogP contribution in [0.1, 0.15) is 0 Å². The number of nitrogens with zero attached hydrogens (tertiary/aromatic N) is 1. The normalized spacial score (nSPS) is 32.2. The van der Waals surface area contributed by atoms with E-state index in [1.165, 1.54) is 5.57 Å². The molecule has 0 aromatic rings. The van der Waals surface area contributed by atoms with Crippen LogP contribution in [0.25, 0.3) is 0 Å². The molecule has 62 valence electrons. The van der Waals surface area contributed by atoms with E-state index >= 15 is 0 Å². The van der Waals surface area contributed by atoms with E-state index in [1.807, 2.05) is 6.20 Å². The molecule has 0 saturated carbocycles. The minimum absolute atomic E-state index is 0.584. The predicted molar refractivity (Wildman–Crippen MR) is 66.5 cm³/mol. The Bertz CT molecular complexity index is 165. The highest BCUT2D eigenvalue weighted by Gasteiger charge is 2.24. The molecule has 1 rings (SSSR count). The van der Waals surface area contributed by atoms with Crippen LogP contribution >= 0.6 is 45.2 Å². The molecule has 0 spiro atoms. The molecule has 0 bridgehead atoms. The summed E-state index contributed by atoms with van der Waals surface area (Å²) in [5.74, 6) is 0. The molecule has 2 unspecified atom stereocenters. The van der Waals surface area contributed by atoms with E-state index in [0.717, 1.165) is 13.1 Å². The Kier molecular flexibility index (Phi) is 3.67. The summed E-state index contributed by atoms with van der Waals surface area (Å²) in [5.41, 5.74) is 1.37. The monoisotopic (exact) mass is 375 g/mol. The first-order chi connectivity index (χ1) is 5.15. The van der Waals surface area contributed by atoms with Crippen LogP contribution in [0.3, 0.4) is 0 Å². The quantitative estimate of drug-likeness (QED) is 0.387. The maximum atomic E-state index is 4.07. The molecule has 0 aliphatic carbocycles. The van der Waals surface area contributed by atoms with Crippen molar-refractivity contribution in [2.24, 2.45) is 0 Å². The number of halogens is 2. The first kappa shape index (κ1) is 9.83. The van der Waals surface area contributed by atoms with Gasteiger partial charge in [0.2, 0.25) is 0 Å². The molecule has 0 amide bonds. The van der Waals surface area contributed by atoms with Crippen LogP contribution in [0.5, 0.6) is 0 Å². The van der Waals surface area contributed by atoms with Gasteiger partial charge in [-0.2, -0.15) is 0 Å². The summed E-state index contributed by atoms with van der Waals surface area (Å²) >= 11 is 4.89. The Labute approximate surface area is 95.2 Å². The lowest BCUT2D eigenvalue weighted by atomic mass is 10.1. The van der Waals surface area contributed by atoms with Crippen LogP contribution in [0.2, 0.25) is 0 Å². The molecular weight excluding hydrogens is 364 g/mol. The molecule has 0 aromatic carbocycles. The van der Waals surface area contributed by atoms with Gasteiger partial charge in [0.25, 0.3) is 0 Å². The van der Waals surface area contributed by atoms with Crippen LogP contribution in [0, 0.1) is 0 Å². The zero-order valence-electron chi connectivity index (χ0n) is 6.26. The van der Waals surface area contributed by atoms with Gasteiger partial charge in [0, 0.05) is 13.1 Å². The zero-order chi connectivity index (χ0) is 8.43. The second-order valence-electron chi connectivity index (χ2n) is 2.65. The lowest BCUT2D eigenvalue weighted by Gasteiger charge is -2.34. The average molecular weight is 375 g/mol. The van der Waals surface area contributed by atoms with Gasteiger partial charge in [0.05, 0.1) is 7.85 Å². The van der Waals surface area contributed by atoms with Gasteiger partial charge in [-0.3, -0.25) is 0 Å². The minimum atomic E-state index is 0.584. The van der Waals surface area contributed by atoms with Gasteiger partial charge >= 0.3 is 0 Å². The maximum Gasteiger partial charge on any atom is 0.0502 e. The Morgan fingerprint density at radius 2 is 1.82 bits per heavy atom. The molecule has 0 N–H and O–H groups in total. The molecule has 1 fully saturated rings. The van der Waals surface area contributed by atoms with E-state index in [-0.39, 0.29) is 0 Å². The molecule has 2 atom stereocenters. The summed E-state index contributed by atoms with van der Waals surface area (Å²) in [4.78, 5) is 2.25. The largest absolute Gasteiger partial charge is 0.375 e. The average Bonchev–Trinajstić information content (AvgIpc) is 1.99. The van der Waals surface area contributed by atoms with Crippen LogP contribution in [0.15, 0.2) is 24.9 Å². The van der Waals surface area contributed by atoms with Gasteiger partial charge in [0.1, 0.15) is 0 Å². The molecule has 1 saturated heterocycles. The molecule has 1 nitrogen and oxygen atoms in total. The fourth-order valence-electron chi connectivity index (χ4n) is 1.07. The molecular formula is C8H11I2N. The van der Waals surface area contributed by atoms with E-state index in [4.69, 9.17) is 0 Å². The van der Waals surface area contributed by atoms with Gasteiger partial charge in [-0.1, -0.05) is 58.3 Å². The van der Waals surface area contributed by atoms with Crippen LogP contribution < -0.4 is 0 Å². The number of likely N-dealkylation sites (tertiary alicyclic amines) is 1. The SMILES string of the molecule is C=CN1CC(I)C(=C)C(I)C1. The van der Waals surface area contributed by atoms with Crippen molar-refractivity contribution < 1.29 is 0 Å². The standard InChI is InChI=1S/C8H11I2N/c1-3-11-4-7(9)6(2)8(10)5-11/h3,7-8H,1-2,4-5H2. The van der Waals surface area contributed by atoms with Crippen molar-refractivity contribution in [1.82, 2.24) is 4.90 Å². The maximum absolute atomic E-state index is 4.07. The lowest BCUT2D eigenvalue weighted by molar-refractivity contribution is 0.371. The van der Waals surface area contributed by atoms with E-state index in [9.17, 15) is 0 Å². The van der Waals surface area contributed by atoms with Gasteiger partial charge in [0.15, 0.2) is 0 Å². The highest BCUT2D eigenvalue weighted by molar-refractivity contribution is 14.1. The Balaban J connectivity index is 2.61. The molecule has 0 aromatic heterocycles. The summed E-state index contributed by atoms with van der Waals surface area (Å²) in [5, 5.41) is 0. The molecule has 0 radical (unpaired) electrons. The molecule has 3 heteroatoms. The zero-order valence-corrected chi connectivity index (χ0v) is 10.6. The van der Waals surface area contributed by atoms with Crippen molar-refractivity contribution in [1.29, 1.82) is 0 Å². The van der Waals surface area contributed by atoms with Crippen molar-refractivity contribution in [2.45, 2.75) is 7.85 Å². The number of hydrogen-bond donors (Lipinski definition) is 0. The van der Waals surface area contributed by atoms with Gasteiger partial charge in [-0.15, -0.1) is 0 Å². The summed E-state index contributed by atoms with van der Waals surface area (Å²) in [7, 11) is 0. The number of rotatable bonds is 1. The van der Waals surface area contributed by atoms with Crippen molar-refractivity contribution in [3.8, 4) is 0 Å². The highest BCUT2D eigenvalue weighted by Crippen LogP contribution is 2.27. The van der Waals surface area contributed by atoms with Gasteiger partial charge < -0.3 is 4.90 Å². The summed E-state index contributed by atoms with van der Waals surface area (Å²) in [6, 6.07) is 0. The van der Waals surface area contributed by atoms with E-state index in [1.54, 1.807) is 0 Å². The Morgan fingerprint density at radius 3 is 2.18 bits per heavy atom. The van der Waals surface area contributed by atoms with Gasteiger partial charge in [-0.05, 0) is 11.8 Å². The molecule has 1 aliphatic rings. The number of piperidine rings is 1. The van der Waals surface area contributed by atoms with Gasteiger partial charge in [-0.25, -0.2) is 0 Å². The third-order valence-electron chi connectivity index (χ3n) is 1.85. The summed E-state index contributed by atoms with van der Waals surface area (Å²) in [6.07, 6.45) is 1.92. The Morgan fingerprint density at radius 1 is 1.36 bits per heavy atom. The fraction of sp³-hybridized carbons (Fsp3) is 0.500. The third-order valence-corrected chi connectivity index (χ3v) is 4.24. The summed E-state index contributed by atoms with van der Waals surface area (Å²) in [6.45, 7) is 9.98. The van der Waals surface area contributed by atoms with Crippen molar-refractivity contribution in [3.63, 3.8) is 0 Å². The topological polar surface area (TPSA) is 3.24 Å². The van der Waals surface area contributed by atoms with Crippen molar-refractivity contribution in [3.05, 3.63) is 24.9 Å². The first-order valence-corrected chi connectivity index (χ1v) is 5.97. The van der Waals surface area contributed by atoms with Crippen molar-refractivity contribution in [2.75, 3.05) is 13.1 Å². The van der Waals surface area contributed by atoms with Crippen LogP contribution in [-0.4, -0.2) is 25.8 Å². The van der Waals surface area contributed by atoms with Crippen LogP contribution in [-0.2, 0) is 0 Å². The van der Waals surface area contributed by atoms with E-state index < -0.39 is 0 Å². The smallest absolute Gasteiger partial charge is 0.0502 e. The van der Waals surface area contributed by atoms with Crippen molar-refractivity contribution >= 4 is 45.2 Å². The predicted octanol–water partition coefficient (Wildman–Crippen LogP) is 2.61.